The van der Waals surface area contributed by atoms with Crippen molar-refractivity contribution in [2.75, 3.05) is 0 Å². The molecule has 0 aliphatic rings. The molecule has 1 aromatic heterocycles. The van der Waals surface area contributed by atoms with Gasteiger partial charge in [0.15, 0.2) is 5.78 Å². The van der Waals surface area contributed by atoms with E-state index >= 15 is 0 Å². The lowest BCUT2D eigenvalue weighted by Gasteiger charge is -2.06. The van der Waals surface area contributed by atoms with Crippen LogP contribution in [-0.2, 0) is 0 Å². The van der Waals surface area contributed by atoms with Crippen LogP contribution in [-0.4, -0.2) is 15.6 Å². The Morgan fingerprint density at radius 2 is 1.43 bits per heavy atom. The standard InChI is InChI=1S/C26H17ClN2O/c27-20-13-15-21(16-14-20)29-17-24(25(28-29)19-8-2-1-3-9-19)26(30)23-12-6-10-18-7-4-5-11-22(18)23/h1-17H. The van der Waals surface area contributed by atoms with Crippen LogP contribution in [0.15, 0.2) is 103 Å². The van der Waals surface area contributed by atoms with E-state index in [1.165, 1.54) is 0 Å². The number of carbonyl (C=O) groups is 1. The van der Waals surface area contributed by atoms with Crippen molar-refractivity contribution in [1.82, 2.24) is 9.78 Å². The van der Waals surface area contributed by atoms with Crippen LogP contribution in [0.2, 0.25) is 5.02 Å². The van der Waals surface area contributed by atoms with Crippen LogP contribution >= 0.6 is 11.6 Å². The van der Waals surface area contributed by atoms with Crippen LogP contribution in [0, 0.1) is 0 Å². The van der Waals surface area contributed by atoms with Gasteiger partial charge in [0.05, 0.1) is 11.3 Å². The van der Waals surface area contributed by atoms with E-state index in [0.717, 1.165) is 22.0 Å². The van der Waals surface area contributed by atoms with Crippen molar-refractivity contribution in [2.24, 2.45) is 0 Å². The van der Waals surface area contributed by atoms with E-state index in [1.54, 1.807) is 10.9 Å². The molecule has 144 valence electrons. The quantitative estimate of drug-likeness (QED) is 0.315. The summed E-state index contributed by atoms with van der Waals surface area (Å²) < 4.78 is 1.73. The zero-order valence-corrected chi connectivity index (χ0v) is 16.8. The lowest BCUT2D eigenvalue weighted by molar-refractivity contribution is 0.104. The van der Waals surface area contributed by atoms with Crippen molar-refractivity contribution in [3.8, 4) is 16.9 Å². The number of carbonyl (C=O) groups excluding carboxylic acids is 1. The first kappa shape index (κ1) is 18.3. The molecular formula is C26H17ClN2O. The molecule has 30 heavy (non-hydrogen) atoms. The summed E-state index contributed by atoms with van der Waals surface area (Å²) in [5.74, 6) is -0.0501. The second-order valence-corrected chi connectivity index (χ2v) is 7.47. The summed E-state index contributed by atoms with van der Waals surface area (Å²) in [6, 6.07) is 30.9. The molecule has 0 radical (unpaired) electrons. The Labute approximate surface area is 179 Å². The van der Waals surface area contributed by atoms with E-state index in [1.807, 2.05) is 97.1 Å². The number of hydrogen-bond acceptors (Lipinski definition) is 2. The minimum absolute atomic E-state index is 0.0501. The molecule has 0 bridgehead atoms. The summed E-state index contributed by atoms with van der Waals surface area (Å²) in [7, 11) is 0. The first-order valence-corrected chi connectivity index (χ1v) is 10.0. The normalized spacial score (nSPS) is 11.0. The van der Waals surface area contributed by atoms with Gasteiger partial charge in [-0.15, -0.1) is 0 Å². The Balaban J connectivity index is 1.70. The number of halogens is 1. The summed E-state index contributed by atoms with van der Waals surface area (Å²) in [4.78, 5) is 13.7. The topological polar surface area (TPSA) is 34.9 Å². The number of nitrogens with zero attached hydrogens (tertiary/aromatic N) is 2. The van der Waals surface area contributed by atoms with Crippen molar-refractivity contribution in [1.29, 1.82) is 0 Å². The maximum absolute atomic E-state index is 13.7. The lowest BCUT2D eigenvalue weighted by atomic mass is 9.96. The van der Waals surface area contributed by atoms with E-state index in [4.69, 9.17) is 16.7 Å². The molecule has 0 saturated carbocycles. The predicted octanol–water partition coefficient (Wildman–Crippen LogP) is 6.58. The van der Waals surface area contributed by atoms with Crippen LogP contribution < -0.4 is 0 Å². The smallest absolute Gasteiger partial charge is 0.197 e. The van der Waals surface area contributed by atoms with Gasteiger partial charge in [-0.25, -0.2) is 4.68 Å². The molecule has 0 N–H and O–H groups in total. The molecule has 5 rings (SSSR count). The van der Waals surface area contributed by atoms with Gasteiger partial charge in [-0.1, -0.05) is 84.4 Å². The average molecular weight is 409 g/mol. The third-order valence-corrected chi connectivity index (χ3v) is 5.38. The molecule has 0 unspecified atom stereocenters. The summed E-state index contributed by atoms with van der Waals surface area (Å²) in [5.41, 5.74) is 3.62. The van der Waals surface area contributed by atoms with Crippen LogP contribution in [0.25, 0.3) is 27.7 Å². The maximum Gasteiger partial charge on any atom is 0.197 e. The molecule has 4 aromatic carbocycles. The second kappa shape index (κ2) is 7.62. The average Bonchev–Trinajstić information content (AvgIpc) is 3.25. The largest absolute Gasteiger partial charge is 0.288 e. The molecule has 0 atom stereocenters. The number of rotatable bonds is 4. The van der Waals surface area contributed by atoms with Gasteiger partial charge in [0.25, 0.3) is 0 Å². The SMILES string of the molecule is O=C(c1cn(-c2ccc(Cl)cc2)nc1-c1ccccc1)c1cccc2ccccc12. The highest BCUT2D eigenvalue weighted by Gasteiger charge is 2.21. The summed E-state index contributed by atoms with van der Waals surface area (Å²) in [6.45, 7) is 0. The minimum Gasteiger partial charge on any atom is -0.288 e. The third kappa shape index (κ3) is 3.30. The van der Waals surface area contributed by atoms with Gasteiger partial charge in [-0.05, 0) is 35.0 Å². The zero-order chi connectivity index (χ0) is 20.5. The van der Waals surface area contributed by atoms with Crippen molar-refractivity contribution >= 4 is 28.2 Å². The fourth-order valence-corrected chi connectivity index (χ4v) is 3.77. The van der Waals surface area contributed by atoms with E-state index in [-0.39, 0.29) is 5.78 Å². The number of ketones is 1. The molecule has 0 fully saturated rings. The zero-order valence-electron chi connectivity index (χ0n) is 16.0. The second-order valence-electron chi connectivity index (χ2n) is 7.03. The van der Waals surface area contributed by atoms with Crippen LogP contribution in [0.3, 0.4) is 0 Å². The van der Waals surface area contributed by atoms with Gasteiger partial charge >= 0.3 is 0 Å². The number of hydrogen-bond donors (Lipinski definition) is 0. The van der Waals surface area contributed by atoms with Crippen molar-refractivity contribution in [3.05, 3.63) is 119 Å². The minimum atomic E-state index is -0.0501. The van der Waals surface area contributed by atoms with Gasteiger partial charge in [0, 0.05) is 22.3 Å². The van der Waals surface area contributed by atoms with Crippen LogP contribution in [0.4, 0.5) is 0 Å². The van der Waals surface area contributed by atoms with Crippen LogP contribution in [0.1, 0.15) is 15.9 Å². The number of fused-ring (bicyclic) bond motifs is 1. The van der Waals surface area contributed by atoms with Crippen molar-refractivity contribution < 1.29 is 4.79 Å². The highest BCUT2D eigenvalue weighted by atomic mass is 35.5. The summed E-state index contributed by atoms with van der Waals surface area (Å²) in [6.07, 6.45) is 1.80. The Bertz CT molecular complexity index is 1350. The molecule has 4 heteroatoms. The monoisotopic (exact) mass is 408 g/mol. The van der Waals surface area contributed by atoms with Gasteiger partial charge in [0.1, 0.15) is 5.69 Å². The van der Waals surface area contributed by atoms with Gasteiger partial charge in [-0.2, -0.15) is 5.10 Å². The van der Waals surface area contributed by atoms with Gasteiger partial charge in [-0.3, -0.25) is 4.79 Å². The third-order valence-electron chi connectivity index (χ3n) is 5.13. The molecule has 0 aliphatic heterocycles. The highest BCUT2D eigenvalue weighted by Crippen LogP contribution is 2.28. The van der Waals surface area contributed by atoms with E-state index < -0.39 is 0 Å². The predicted molar refractivity (Wildman–Crippen MR) is 121 cm³/mol. The molecule has 0 saturated heterocycles. The van der Waals surface area contributed by atoms with Gasteiger partial charge in [0.2, 0.25) is 0 Å². The summed E-state index contributed by atoms with van der Waals surface area (Å²) in [5, 5.41) is 7.38. The lowest BCUT2D eigenvalue weighted by Crippen LogP contribution is -2.03. The van der Waals surface area contributed by atoms with E-state index in [9.17, 15) is 4.79 Å². The number of aromatic nitrogens is 2. The first-order chi connectivity index (χ1) is 14.7. The fourth-order valence-electron chi connectivity index (χ4n) is 3.64. The molecule has 0 amide bonds. The van der Waals surface area contributed by atoms with E-state index in [2.05, 4.69) is 0 Å². The molecule has 0 aliphatic carbocycles. The Morgan fingerprint density at radius 3 is 2.23 bits per heavy atom. The molecule has 0 spiro atoms. The van der Waals surface area contributed by atoms with Crippen LogP contribution in [0.5, 0.6) is 0 Å². The maximum atomic E-state index is 13.7. The molecular weight excluding hydrogens is 392 g/mol. The van der Waals surface area contributed by atoms with Crippen molar-refractivity contribution in [3.63, 3.8) is 0 Å². The highest BCUT2D eigenvalue weighted by molar-refractivity contribution is 6.30. The van der Waals surface area contributed by atoms with E-state index in [0.29, 0.717) is 21.8 Å². The fraction of sp³-hybridized carbons (Fsp3) is 0. The van der Waals surface area contributed by atoms with Crippen molar-refractivity contribution in [2.45, 2.75) is 0 Å². The van der Waals surface area contributed by atoms with Gasteiger partial charge < -0.3 is 0 Å². The molecule has 5 aromatic rings. The molecule has 3 nitrogen and oxygen atoms in total. The Kier molecular flexibility index (Phi) is 4.66. The first-order valence-electron chi connectivity index (χ1n) is 9.64. The number of benzene rings is 4. The summed E-state index contributed by atoms with van der Waals surface area (Å²) >= 11 is 6.03. The Morgan fingerprint density at radius 1 is 0.733 bits per heavy atom. The molecule has 1 heterocycles. The Hall–Kier alpha value is -3.69.